The second-order valence-corrected chi connectivity index (χ2v) is 7.50. The molecular formula is C25H16F6N2. The van der Waals surface area contributed by atoms with Crippen LogP contribution < -0.4 is 0 Å². The summed E-state index contributed by atoms with van der Waals surface area (Å²) in [5.41, 5.74) is -1.24. The highest BCUT2D eigenvalue weighted by atomic mass is 19.4. The number of benzene rings is 3. The van der Waals surface area contributed by atoms with E-state index in [0.717, 1.165) is 21.8 Å². The minimum atomic E-state index is -4.99. The predicted octanol–water partition coefficient (Wildman–Crippen LogP) is 7.92. The van der Waals surface area contributed by atoms with Crippen LogP contribution in [0.1, 0.15) is 29.2 Å². The van der Waals surface area contributed by atoms with Crippen LogP contribution in [0, 0.1) is 11.3 Å². The van der Waals surface area contributed by atoms with Gasteiger partial charge in [-0.2, -0.15) is 31.6 Å². The summed E-state index contributed by atoms with van der Waals surface area (Å²) in [7, 11) is 0. The molecule has 0 spiro atoms. The third kappa shape index (κ3) is 4.19. The fourth-order valence-corrected chi connectivity index (χ4v) is 3.96. The standard InChI is InChI=1S/C25H16F6N2/c1-2-33-22-6-4-3-5-20(22)21-10-15(7-8-23(21)33)9-17(14-32)16-11-18(24(26,27)28)13-19(12-16)25(29,30)31/h3-13H,2H2,1H3. The normalized spacial score (nSPS) is 13.0. The number of para-hydroxylation sites is 1. The summed E-state index contributed by atoms with van der Waals surface area (Å²) in [6, 6.07) is 15.9. The summed E-state index contributed by atoms with van der Waals surface area (Å²) in [4.78, 5) is 0. The molecule has 168 valence electrons. The summed E-state index contributed by atoms with van der Waals surface area (Å²) < 4.78 is 81.4. The molecule has 0 aliphatic carbocycles. The first-order valence-electron chi connectivity index (χ1n) is 9.95. The van der Waals surface area contributed by atoms with E-state index in [-0.39, 0.29) is 11.6 Å². The number of aromatic nitrogens is 1. The lowest BCUT2D eigenvalue weighted by Crippen LogP contribution is -2.11. The molecule has 0 aliphatic heterocycles. The minimum absolute atomic E-state index is 0.0458. The Kier molecular flexibility index (Phi) is 5.44. The molecule has 0 amide bonds. The molecule has 1 aromatic heterocycles. The van der Waals surface area contributed by atoms with Gasteiger partial charge in [-0.15, -0.1) is 0 Å². The molecule has 1 heterocycles. The molecule has 33 heavy (non-hydrogen) atoms. The van der Waals surface area contributed by atoms with E-state index in [9.17, 15) is 31.6 Å². The third-order valence-corrected chi connectivity index (χ3v) is 5.44. The lowest BCUT2D eigenvalue weighted by molar-refractivity contribution is -0.143. The Balaban J connectivity index is 1.90. The van der Waals surface area contributed by atoms with Gasteiger partial charge in [0.05, 0.1) is 22.8 Å². The maximum atomic E-state index is 13.2. The molecule has 0 atom stereocenters. The second kappa shape index (κ2) is 8.00. The summed E-state index contributed by atoms with van der Waals surface area (Å²) in [6.07, 6.45) is -8.68. The van der Waals surface area contributed by atoms with Gasteiger partial charge in [0, 0.05) is 28.4 Å². The van der Waals surface area contributed by atoms with Crippen LogP contribution in [0.25, 0.3) is 33.5 Å². The second-order valence-electron chi connectivity index (χ2n) is 7.50. The average Bonchev–Trinajstić information content (AvgIpc) is 3.09. The Morgan fingerprint density at radius 1 is 0.848 bits per heavy atom. The minimum Gasteiger partial charge on any atom is -0.341 e. The Hall–Kier alpha value is -3.73. The van der Waals surface area contributed by atoms with Gasteiger partial charge in [0.2, 0.25) is 0 Å². The van der Waals surface area contributed by atoms with E-state index >= 15 is 0 Å². The number of hydrogen-bond donors (Lipinski definition) is 0. The number of rotatable bonds is 3. The van der Waals surface area contributed by atoms with Crippen LogP contribution in [0.5, 0.6) is 0 Å². The lowest BCUT2D eigenvalue weighted by atomic mass is 9.97. The summed E-state index contributed by atoms with van der Waals surface area (Å²) in [5.74, 6) is 0. The number of halogens is 6. The molecule has 0 saturated heterocycles. The van der Waals surface area contributed by atoms with Crippen molar-refractivity contribution in [2.75, 3.05) is 0 Å². The number of hydrogen-bond acceptors (Lipinski definition) is 1. The van der Waals surface area contributed by atoms with Crippen molar-refractivity contribution in [1.82, 2.24) is 4.57 Å². The fraction of sp³-hybridized carbons (Fsp3) is 0.160. The van der Waals surface area contributed by atoms with E-state index < -0.39 is 29.0 Å². The van der Waals surface area contributed by atoms with E-state index in [0.29, 0.717) is 24.2 Å². The summed E-state index contributed by atoms with van der Waals surface area (Å²) in [5, 5.41) is 11.4. The Morgan fingerprint density at radius 2 is 1.45 bits per heavy atom. The molecule has 0 fully saturated rings. The van der Waals surface area contributed by atoms with E-state index in [2.05, 4.69) is 4.57 Å². The maximum Gasteiger partial charge on any atom is 0.416 e. The van der Waals surface area contributed by atoms with Gasteiger partial charge in [0.15, 0.2) is 0 Å². The Labute approximate surface area is 185 Å². The van der Waals surface area contributed by atoms with Crippen molar-refractivity contribution in [2.45, 2.75) is 25.8 Å². The van der Waals surface area contributed by atoms with Crippen molar-refractivity contribution in [2.24, 2.45) is 0 Å². The van der Waals surface area contributed by atoms with Crippen LogP contribution in [0.2, 0.25) is 0 Å². The van der Waals surface area contributed by atoms with Gasteiger partial charge in [0.25, 0.3) is 0 Å². The number of nitrogens with zero attached hydrogens (tertiary/aromatic N) is 2. The molecule has 3 aromatic carbocycles. The topological polar surface area (TPSA) is 28.7 Å². The number of fused-ring (bicyclic) bond motifs is 3. The zero-order valence-corrected chi connectivity index (χ0v) is 17.2. The average molecular weight is 458 g/mol. The van der Waals surface area contributed by atoms with Crippen LogP contribution in [-0.2, 0) is 18.9 Å². The lowest BCUT2D eigenvalue weighted by Gasteiger charge is -2.14. The van der Waals surface area contributed by atoms with Crippen LogP contribution in [-0.4, -0.2) is 4.57 Å². The number of aryl methyl sites for hydroxylation is 1. The van der Waals surface area contributed by atoms with E-state index in [1.807, 2.05) is 37.3 Å². The molecule has 8 heteroatoms. The van der Waals surface area contributed by atoms with Crippen molar-refractivity contribution in [1.29, 1.82) is 5.26 Å². The largest absolute Gasteiger partial charge is 0.416 e. The quantitative estimate of drug-likeness (QED) is 0.174. The van der Waals surface area contributed by atoms with Crippen LogP contribution >= 0.6 is 0 Å². The van der Waals surface area contributed by atoms with E-state index in [1.165, 1.54) is 6.08 Å². The van der Waals surface area contributed by atoms with Crippen molar-refractivity contribution >= 4 is 33.5 Å². The molecule has 0 aliphatic rings. The highest BCUT2D eigenvalue weighted by Crippen LogP contribution is 2.38. The van der Waals surface area contributed by atoms with Crippen LogP contribution in [0.15, 0.2) is 60.7 Å². The predicted molar refractivity (Wildman–Crippen MR) is 115 cm³/mol. The zero-order chi connectivity index (χ0) is 24.0. The molecule has 2 nitrogen and oxygen atoms in total. The molecular weight excluding hydrogens is 442 g/mol. The van der Waals surface area contributed by atoms with Gasteiger partial charge in [-0.3, -0.25) is 0 Å². The Bertz CT molecular complexity index is 1400. The number of nitriles is 1. The molecule has 0 unspecified atom stereocenters. The first-order chi connectivity index (χ1) is 15.5. The molecule has 4 rings (SSSR count). The highest BCUT2D eigenvalue weighted by molar-refractivity contribution is 6.09. The zero-order valence-electron chi connectivity index (χ0n) is 17.2. The first-order valence-corrected chi connectivity index (χ1v) is 9.95. The van der Waals surface area contributed by atoms with Crippen molar-refractivity contribution < 1.29 is 26.3 Å². The fourth-order valence-electron chi connectivity index (χ4n) is 3.96. The molecule has 0 N–H and O–H groups in total. The van der Waals surface area contributed by atoms with Gasteiger partial charge >= 0.3 is 12.4 Å². The SMILES string of the molecule is CCn1c2ccccc2c2cc(C=C(C#N)c3cc(C(F)(F)F)cc(C(F)(F)F)c3)ccc21. The van der Waals surface area contributed by atoms with Gasteiger partial charge < -0.3 is 4.57 Å². The van der Waals surface area contributed by atoms with Crippen LogP contribution in [0.4, 0.5) is 26.3 Å². The Morgan fingerprint density at radius 3 is 2.03 bits per heavy atom. The molecule has 4 aromatic rings. The van der Waals surface area contributed by atoms with Crippen molar-refractivity contribution in [3.63, 3.8) is 0 Å². The summed E-state index contributed by atoms with van der Waals surface area (Å²) in [6.45, 7) is 2.71. The first kappa shape index (κ1) is 22.5. The monoisotopic (exact) mass is 458 g/mol. The summed E-state index contributed by atoms with van der Waals surface area (Å²) >= 11 is 0. The number of allylic oxidation sites excluding steroid dienone is 1. The molecule has 0 saturated carbocycles. The van der Waals surface area contributed by atoms with Crippen molar-refractivity contribution in [3.8, 4) is 6.07 Å². The van der Waals surface area contributed by atoms with Gasteiger partial charge in [-0.25, -0.2) is 0 Å². The smallest absolute Gasteiger partial charge is 0.341 e. The van der Waals surface area contributed by atoms with Crippen molar-refractivity contribution in [3.05, 3.63) is 82.9 Å². The number of alkyl halides is 6. The molecule has 0 bridgehead atoms. The van der Waals surface area contributed by atoms with Crippen LogP contribution in [0.3, 0.4) is 0 Å². The van der Waals surface area contributed by atoms with Gasteiger partial charge in [-0.1, -0.05) is 24.3 Å². The highest BCUT2D eigenvalue weighted by Gasteiger charge is 2.37. The van der Waals surface area contributed by atoms with E-state index in [1.54, 1.807) is 18.2 Å². The molecule has 0 radical (unpaired) electrons. The van der Waals surface area contributed by atoms with E-state index in [4.69, 9.17) is 0 Å². The van der Waals surface area contributed by atoms with Gasteiger partial charge in [0.1, 0.15) is 0 Å². The maximum absolute atomic E-state index is 13.2. The third-order valence-electron chi connectivity index (χ3n) is 5.44. The van der Waals surface area contributed by atoms with Gasteiger partial charge in [-0.05, 0) is 60.5 Å².